The third kappa shape index (κ3) is 3.03. The minimum atomic E-state index is -3.43. The molecule has 0 spiro atoms. The first-order valence-corrected chi connectivity index (χ1v) is 10.3. The second kappa shape index (κ2) is 6.75. The van der Waals surface area contributed by atoms with E-state index in [0.717, 1.165) is 6.42 Å². The Morgan fingerprint density at radius 1 is 0.929 bits per heavy atom. The van der Waals surface area contributed by atoms with E-state index >= 15 is 0 Å². The zero-order valence-corrected chi connectivity index (χ0v) is 15.5. The van der Waals surface area contributed by atoms with E-state index in [1.54, 1.807) is 18.2 Å². The first-order valence-electron chi connectivity index (χ1n) is 8.69. The number of imide groups is 1. The summed E-state index contributed by atoms with van der Waals surface area (Å²) in [6.45, 7) is 0.333. The number of carbonyl (C=O) groups is 3. The van der Waals surface area contributed by atoms with Crippen LogP contribution in [0, 0.1) is 0 Å². The van der Waals surface area contributed by atoms with Gasteiger partial charge < -0.3 is 4.84 Å². The van der Waals surface area contributed by atoms with Crippen molar-refractivity contribution in [2.24, 2.45) is 0 Å². The van der Waals surface area contributed by atoms with Crippen molar-refractivity contribution in [3.8, 4) is 0 Å². The van der Waals surface area contributed by atoms with Crippen LogP contribution in [0.4, 0.5) is 5.69 Å². The van der Waals surface area contributed by atoms with Crippen LogP contribution in [0.15, 0.2) is 48.5 Å². The lowest BCUT2D eigenvalue weighted by Gasteiger charge is -2.28. The van der Waals surface area contributed by atoms with Gasteiger partial charge in [0, 0.05) is 6.54 Å². The molecule has 1 fully saturated rings. The Bertz CT molecular complexity index is 1060. The van der Waals surface area contributed by atoms with Gasteiger partial charge in [0.2, 0.25) is 10.0 Å². The monoisotopic (exact) mass is 400 g/mol. The maximum Gasteiger partial charge on any atom is 0.364 e. The summed E-state index contributed by atoms with van der Waals surface area (Å²) in [6.07, 6.45) is 1.32. The molecule has 0 N–H and O–H groups in total. The predicted octanol–water partition coefficient (Wildman–Crippen LogP) is 1.98. The van der Waals surface area contributed by atoms with Crippen LogP contribution in [0.25, 0.3) is 0 Å². The van der Waals surface area contributed by atoms with E-state index in [0.29, 0.717) is 23.7 Å². The van der Waals surface area contributed by atoms with Crippen molar-refractivity contribution < 1.29 is 27.6 Å². The Morgan fingerprint density at radius 2 is 1.61 bits per heavy atom. The van der Waals surface area contributed by atoms with Crippen molar-refractivity contribution in [2.45, 2.75) is 12.8 Å². The van der Waals surface area contributed by atoms with E-state index in [-0.39, 0.29) is 22.4 Å². The van der Waals surface area contributed by atoms with Gasteiger partial charge in [0.05, 0.1) is 28.1 Å². The van der Waals surface area contributed by atoms with Gasteiger partial charge in [-0.15, -0.1) is 0 Å². The standard InChI is InChI=1S/C19H16N2O6S/c22-17-15-8-1-2-9-16(15)18(23)21(17)27-19(24)13-6-5-7-14(12-13)20-10-3-4-11-28(20,25)26/h1-2,5-9,12H,3-4,10-11H2. The van der Waals surface area contributed by atoms with E-state index in [1.165, 1.54) is 34.6 Å². The average Bonchev–Trinajstić information content (AvgIpc) is 2.93. The lowest BCUT2D eigenvalue weighted by Crippen LogP contribution is -2.38. The van der Waals surface area contributed by atoms with Gasteiger partial charge in [-0.25, -0.2) is 13.2 Å². The van der Waals surface area contributed by atoms with E-state index < -0.39 is 27.8 Å². The number of rotatable bonds is 3. The summed E-state index contributed by atoms with van der Waals surface area (Å²) in [5.74, 6) is -2.31. The number of nitrogens with zero attached hydrogens (tertiary/aromatic N) is 2. The molecule has 2 aromatic rings. The van der Waals surface area contributed by atoms with Gasteiger partial charge in [-0.3, -0.25) is 13.9 Å². The Morgan fingerprint density at radius 3 is 2.25 bits per heavy atom. The Labute approximate surface area is 161 Å². The fourth-order valence-corrected chi connectivity index (χ4v) is 4.88. The summed E-state index contributed by atoms with van der Waals surface area (Å²) >= 11 is 0. The topological polar surface area (TPSA) is 101 Å². The fraction of sp³-hybridized carbons (Fsp3) is 0.211. The van der Waals surface area contributed by atoms with Crippen LogP contribution >= 0.6 is 0 Å². The molecule has 0 bridgehead atoms. The van der Waals surface area contributed by atoms with Gasteiger partial charge >= 0.3 is 5.97 Å². The highest BCUT2D eigenvalue weighted by Gasteiger charge is 2.39. The molecule has 0 saturated carbocycles. The molecule has 2 aliphatic rings. The van der Waals surface area contributed by atoms with Crippen LogP contribution in [0.2, 0.25) is 0 Å². The predicted molar refractivity (Wildman–Crippen MR) is 99.2 cm³/mol. The van der Waals surface area contributed by atoms with Crippen molar-refractivity contribution in [3.63, 3.8) is 0 Å². The molecule has 28 heavy (non-hydrogen) atoms. The van der Waals surface area contributed by atoms with E-state index in [9.17, 15) is 22.8 Å². The van der Waals surface area contributed by atoms with Gasteiger partial charge in [0.15, 0.2) is 0 Å². The zero-order valence-electron chi connectivity index (χ0n) is 14.7. The van der Waals surface area contributed by atoms with Gasteiger partial charge in [0.25, 0.3) is 11.8 Å². The smallest absolute Gasteiger partial charge is 0.324 e. The van der Waals surface area contributed by atoms with Crippen molar-refractivity contribution >= 4 is 33.5 Å². The number of hydrogen-bond acceptors (Lipinski definition) is 6. The summed E-state index contributed by atoms with van der Waals surface area (Å²) in [5.41, 5.74) is 0.702. The van der Waals surface area contributed by atoms with Crippen molar-refractivity contribution in [3.05, 3.63) is 65.2 Å². The minimum Gasteiger partial charge on any atom is -0.324 e. The molecule has 4 rings (SSSR count). The second-order valence-electron chi connectivity index (χ2n) is 6.47. The van der Waals surface area contributed by atoms with Crippen LogP contribution in [-0.4, -0.2) is 43.6 Å². The Kier molecular flexibility index (Phi) is 4.38. The van der Waals surface area contributed by atoms with Gasteiger partial charge in [-0.1, -0.05) is 23.3 Å². The average molecular weight is 400 g/mol. The molecule has 2 amide bonds. The van der Waals surface area contributed by atoms with Crippen LogP contribution in [0.3, 0.4) is 0 Å². The summed E-state index contributed by atoms with van der Waals surface area (Å²) in [4.78, 5) is 42.2. The van der Waals surface area contributed by atoms with Crippen molar-refractivity contribution in [2.75, 3.05) is 16.6 Å². The zero-order chi connectivity index (χ0) is 19.9. The molecular formula is C19H16N2O6S. The minimum absolute atomic E-state index is 0.0369. The lowest BCUT2D eigenvalue weighted by molar-refractivity contribution is -0.0584. The molecule has 9 heteroatoms. The first-order chi connectivity index (χ1) is 13.4. The van der Waals surface area contributed by atoms with E-state index in [2.05, 4.69) is 0 Å². The SMILES string of the molecule is O=C(ON1C(=O)c2ccccc2C1=O)c1cccc(N2CCCCS2(=O)=O)c1. The number of hydroxylamine groups is 2. The number of benzene rings is 2. The second-order valence-corrected chi connectivity index (χ2v) is 8.49. The van der Waals surface area contributed by atoms with Crippen LogP contribution in [0.1, 0.15) is 43.9 Å². The summed E-state index contributed by atoms with van der Waals surface area (Å²) < 4.78 is 25.8. The molecule has 0 atom stereocenters. The highest BCUT2D eigenvalue weighted by molar-refractivity contribution is 7.92. The number of carbonyl (C=O) groups excluding carboxylic acids is 3. The lowest BCUT2D eigenvalue weighted by atomic mass is 10.1. The molecule has 0 aromatic heterocycles. The normalized spacial score (nSPS) is 18.1. The highest BCUT2D eigenvalue weighted by Crippen LogP contribution is 2.26. The molecule has 1 saturated heterocycles. The fourth-order valence-electron chi connectivity index (χ4n) is 3.25. The van der Waals surface area contributed by atoms with Crippen molar-refractivity contribution in [1.82, 2.24) is 5.06 Å². The molecule has 2 heterocycles. The van der Waals surface area contributed by atoms with Crippen LogP contribution < -0.4 is 4.31 Å². The first kappa shape index (κ1) is 18.2. The molecule has 0 unspecified atom stereocenters. The maximum atomic E-state index is 12.5. The van der Waals surface area contributed by atoms with E-state index in [4.69, 9.17) is 4.84 Å². The quantitative estimate of drug-likeness (QED) is 0.731. The summed E-state index contributed by atoms with van der Waals surface area (Å²) in [7, 11) is -3.43. The van der Waals surface area contributed by atoms with E-state index in [1.807, 2.05) is 0 Å². The Balaban J connectivity index is 1.57. The van der Waals surface area contributed by atoms with Crippen LogP contribution in [0.5, 0.6) is 0 Å². The third-order valence-corrected chi connectivity index (χ3v) is 6.52. The highest BCUT2D eigenvalue weighted by atomic mass is 32.2. The number of sulfonamides is 1. The van der Waals surface area contributed by atoms with Crippen LogP contribution in [-0.2, 0) is 14.9 Å². The molecule has 144 valence electrons. The van der Waals surface area contributed by atoms with Gasteiger partial charge in [0.1, 0.15) is 0 Å². The molecule has 2 aliphatic heterocycles. The summed E-state index contributed by atoms with van der Waals surface area (Å²) in [6, 6.07) is 12.1. The Hall–Kier alpha value is -3.20. The third-order valence-electron chi connectivity index (χ3n) is 4.65. The van der Waals surface area contributed by atoms with Gasteiger partial charge in [-0.2, -0.15) is 0 Å². The van der Waals surface area contributed by atoms with Crippen molar-refractivity contribution in [1.29, 1.82) is 0 Å². The number of anilines is 1. The molecule has 8 nitrogen and oxygen atoms in total. The summed E-state index contributed by atoms with van der Waals surface area (Å²) in [5, 5.41) is 0.428. The van der Waals surface area contributed by atoms with Gasteiger partial charge in [-0.05, 0) is 43.2 Å². The molecule has 0 radical (unpaired) electrons. The largest absolute Gasteiger partial charge is 0.364 e. The maximum absolute atomic E-state index is 12.5. The molecule has 2 aromatic carbocycles. The number of hydrogen-bond donors (Lipinski definition) is 0. The number of amides is 2. The number of fused-ring (bicyclic) bond motifs is 1. The molecular weight excluding hydrogens is 384 g/mol. The molecule has 0 aliphatic carbocycles.